The summed E-state index contributed by atoms with van der Waals surface area (Å²) in [4.78, 5) is 17.5. The van der Waals surface area contributed by atoms with Crippen molar-refractivity contribution in [2.45, 2.75) is 6.54 Å². The van der Waals surface area contributed by atoms with Gasteiger partial charge in [-0.25, -0.2) is 9.67 Å². The Morgan fingerprint density at radius 1 is 1.33 bits per heavy atom. The lowest BCUT2D eigenvalue weighted by Gasteiger charge is -2.04. The predicted molar refractivity (Wildman–Crippen MR) is 90.2 cm³/mol. The van der Waals surface area contributed by atoms with Crippen molar-refractivity contribution in [2.75, 3.05) is 0 Å². The van der Waals surface area contributed by atoms with Crippen molar-refractivity contribution >= 4 is 28.6 Å². The van der Waals surface area contributed by atoms with E-state index in [4.69, 9.17) is 4.42 Å². The Balaban J connectivity index is 1.45. The molecule has 0 saturated carbocycles. The summed E-state index contributed by atoms with van der Waals surface area (Å²) in [6.45, 7) is 0.352. The van der Waals surface area contributed by atoms with Crippen LogP contribution in [0, 0.1) is 0 Å². The Labute approximate surface area is 144 Å². The Hall–Kier alpha value is -2.78. The van der Waals surface area contributed by atoms with E-state index in [1.807, 2.05) is 29.0 Å². The number of nitrogens with zero attached hydrogens (tertiary/aromatic N) is 4. The van der Waals surface area contributed by atoms with E-state index in [-0.39, 0.29) is 5.91 Å². The minimum Gasteiger partial charge on any atom is -0.462 e. The number of thiophene rings is 1. The number of carbonyl (C=O) groups is 1. The molecule has 4 rings (SSSR count). The first-order valence-corrected chi connectivity index (χ1v) is 8.78. The highest BCUT2D eigenvalue weighted by atomic mass is 32.1. The van der Waals surface area contributed by atoms with Gasteiger partial charge in [-0.2, -0.15) is 0 Å². The molecule has 0 aromatic carbocycles. The minimum absolute atomic E-state index is 0.164. The number of furan rings is 1. The third-order valence-electron chi connectivity index (χ3n) is 3.23. The summed E-state index contributed by atoms with van der Waals surface area (Å²) >= 11 is 2.84. The molecular weight excluding hydrogens is 346 g/mol. The minimum atomic E-state index is -0.164. The van der Waals surface area contributed by atoms with Crippen LogP contribution >= 0.6 is 22.7 Å². The molecule has 1 amide bonds. The standard InChI is InChI=1S/C15H11N5O2S2/c21-14(13-11(3-7-23-13)20-5-4-17-19-20)16-8-10-9-24-15(18-10)12-2-1-6-22-12/h1-7,9H,8H2,(H,16,21). The molecule has 0 atom stereocenters. The zero-order valence-electron chi connectivity index (χ0n) is 12.2. The molecule has 0 aliphatic heterocycles. The summed E-state index contributed by atoms with van der Waals surface area (Å²) in [6.07, 6.45) is 4.89. The van der Waals surface area contributed by atoms with Crippen molar-refractivity contribution in [2.24, 2.45) is 0 Å². The number of hydrogen-bond acceptors (Lipinski definition) is 7. The molecule has 0 aliphatic rings. The predicted octanol–water partition coefficient (Wildman–Crippen LogP) is 2.98. The molecule has 4 aromatic heterocycles. The second-order valence-electron chi connectivity index (χ2n) is 4.79. The Bertz CT molecular complexity index is 941. The van der Waals surface area contributed by atoms with Gasteiger partial charge in [0.1, 0.15) is 4.88 Å². The normalized spacial score (nSPS) is 10.8. The van der Waals surface area contributed by atoms with Gasteiger partial charge in [-0.05, 0) is 23.6 Å². The molecule has 9 heteroatoms. The van der Waals surface area contributed by atoms with Crippen LogP contribution < -0.4 is 5.32 Å². The van der Waals surface area contributed by atoms with E-state index in [0.29, 0.717) is 17.1 Å². The monoisotopic (exact) mass is 357 g/mol. The lowest BCUT2D eigenvalue weighted by molar-refractivity contribution is 0.0954. The van der Waals surface area contributed by atoms with Gasteiger partial charge >= 0.3 is 0 Å². The Morgan fingerprint density at radius 3 is 3.08 bits per heavy atom. The van der Waals surface area contributed by atoms with E-state index in [1.165, 1.54) is 22.7 Å². The van der Waals surface area contributed by atoms with Crippen molar-refractivity contribution in [1.82, 2.24) is 25.3 Å². The van der Waals surface area contributed by atoms with Gasteiger partial charge < -0.3 is 9.73 Å². The molecule has 0 unspecified atom stereocenters. The first-order chi connectivity index (χ1) is 11.8. The van der Waals surface area contributed by atoms with Crippen molar-refractivity contribution in [3.8, 4) is 16.5 Å². The van der Waals surface area contributed by atoms with Crippen molar-refractivity contribution in [3.05, 3.63) is 58.2 Å². The molecule has 1 N–H and O–H groups in total. The summed E-state index contributed by atoms with van der Waals surface area (Å²) in [5.41, 5.74) is 1.50. The van der Waals surface area contributed by atoms with Crippen LogP contribution in [0.1, 0.15) is 15.4 Å². The van der Waals surface area contributed by atoms with Gasteiger partial charge in [0.15, 0.2) is 10.8 Å². The van der Waals surface area contributed by atoms with Crippen LogP contribution in [0.3, 0.4) is 0 Å². The second-order valence-corrected chi connectivity index (χ2v) is 6.56. The summed E-state index contributed by atoms with van der Waals surface area (Å²) in [7, 11) is 0. The van der Waals surface area contributed by atoms with E-state index in [2.05, 4.69) is 20.6 Å². The average molecular weight is 357 g/mol. The van der Waals surface area contributed by atoms with E-state index in [1.54, 1.807) is 23.3 Å². The van der Waals surface area contributed by atoms with Gasteiger partial charge in [0.05, 0.1) is 36.6 Å². The van der Waals surface area contributed by atoms with Gasteiger partial charge in [0, 0.05) is 5.38 Å². The molecule has 4 aromatic rings. The van der Waals surface area contributed by atoms with Crippen molar-refractivity contribution in [1.29, 1.82) is 0 Å². The van der Waals surface area contributed by atoms with E-state index < -0.39 is 0 Å². The maximum Gasteiger partial charge on any atom is 0.263 e. The van der Waals surface area contributed by atoms with Gasteiger partial charge in [-0.3, -0.25) is 4.79 Å². The van der Waals surface area contributed by atoms with Crippen LogP contribution in [0.25, 0.3) is 16.5 Å². The van der Waals surface area contributed by atoms with E-state index in [0.717, 1.165) is 16.5 Å². The van der Waals surface area contributed by atoms with Crippen LogP contribution in [0.4, 0.5) is 0 Å². The molecule has 0 fully saturated rings. The summed E-state index contributed by atoms with van der Waals surface area (Å²) in [5.74, 6) is 0.562. The quantitative estimate of drug-likeness (QED) is 0.593. The van der Waals surface area contributed by atoms with Gasteiger partial charge in [-0.1, -0.05) is 5.21 Å². The SMILES string of the molecule is O=C(NCc1csc(-c2ccco2)n1)c1sccc1-n1ccnn1. The van der Waals surface area contributed by atoms with E-state index >= 15 is 0 Å². The lowest BCUT2D eigenvalue weighted by atomic mass is 10.3. The topological polar surface area (TPSA) is 85.8 Å². The van der Waals surface area contributed by atoms with Crippen LogP contribution in [0.5, 0.6) is 0 Å². The molecule has 7 nitrogen and oxygen atoms in total. The van der Waals surface area contributed by atoms with Gasteiger partial charge in [0.25, 0.3) is 5.91 Å². The highest BCUT2D eigenvalue weighted by molar-refractivity contribution is 7.13. The zero-order chi connectivity index (χ0) is 16.4. The number of carbonyl (C=O) groups excluding carboxylic acids is 1. The zero-order valence-corrected chi connectivity index (χ0v) is 13.9. The van der Waals surface area contributed by atoms with Crippen LogP contribution in [-0.4, -0.2) is 25.9 Å². The molecule has 0 saturated heterocycles. The molecule has 0 bridgehead atoms. The van der Waals surface area contributed by atoms with Crippen molar-refractivity contribution in [3.63, 3.8) is 0 Å². The third-order valence-corrected chi connectivity index (χ3v) is 5.04. The molecule has 0 spiro atoms. The van der Waals surface area contributed by atoms with Gasteiger partial charge in [0.2, 0.25) is 0 Å². The number of amides is 1. The fourth-order valence-electron chi connectivity index (χ4n) is 2.14. The molecule has 0 aliphatic carbocycles. The number of nitrogens with one attached hydrogen (secondary N) is 1. The first-order valence-electron chi connectivity index (χ1n) is 7.02. The first kappa shape index (κ1) is 14.8. The fraction of sp³-hybridized carbons (Fsp3) is 0.0667. The molecule has 24 heavy (non-hydrogen) atoms. The number of thiazole rings is 1. The third kappa shape index (κ3) is 2.86. The molecule has 120 valence electrons. The number of rotatable bonds is 5. The summed E-state index contributed by atoms with van der Waals surface area (Å²) < 4.78 is 6.89. The van der Waals surface area contributed by atoms with E-state index in [9.17, 15) is 4.79 Å². The molecule has 0 radical (unpaired) electrons. The number of hydrogen-bond donors (Lipinski definition) is 1. The largest absolute Gasteiger partial charge is 0.462 e. The molecule has 4 heterocycles. The lowest BCUT2D eigenvalue weighted by Crippen LogP contribution is -2.23. The van der Waals surface area contributed by atoms with Crippen LogP contribution in [-0.2, 0) is 6.54 Å². The van der Waals surface area contributed by atoms with Crippen LogP contribution in [0.15, 0.2) is 52.0 Å². The maximum absolute atomic E-state index is 12.4. The summed E-state index contributed by atoms with van der Waals surface area (Å²) in [5, 5.41) is 15.1. The van der Waals surface area contributed by atoms with Gasteiger partial charge in [-0.15, -0.1) is 27.8 Å². The smallest absolute Gasteiger partial charge is 0.263 e. The second kappa shape index (κ2) is 6.38. The average Bonchev–Trinajstić information content (AvgIpc) is 3.40. The number of aromatic nitrogens is 4. The fourth-order valence-corrected chi connectivity index (χ4v) is 3.72. The maximum atomic E-state index is 12.4. The van der Waals surface area contributed by atoms with Crippen molar-refractivity contribution < 1.29 is 9.21 Å². The summed E-state index contributed by atoms with van der Waals surface area (Å²) in [6, 6.07) is 5.52. The highest BCUT2D eigenvalue weighted by Crippen LogP contribution is 2.24. The highest BCUT2D eigenvalue weighted by Gasteiger charge is 2.15. The van der Waals surface area contributed by atoms with Crippen LogP contribution in [0.2, 0.25) is 0 Å². The Morgan fingerprint density at radius 2 is 2.29 bits per heavy atom. The Kier molecular flexibility index (Phi) is 3.93. The molecular formula is C15H11N5O2S2.